The number of anilines is 2. The number of carbonyl (C=O) groups excluding carboxylic acids is 1. The average molecular weight is 346 g/mol. The molecule has 0 saturated carbocycles. The molecule has 1 fully saturated rings. The molecule has 1 aliphatic heterocycles. The van der Waals surface area contributed by atoms with Gasteiger partial charge in [0.1, 0.15) is 18.2 Å². The van der Waals surface area contributed by atoms with Crippen LogP contribution in [0, 0.1) is 13.8 Å². The maximum absolute atomic E-state index is 13.0. The van der Waals surface area contributed by atoms with Gasteiger partial charge < -0.3 is 10.2 Å². The summed E-state index contributed by atoms with van der Waals surface area (Å²) in [6.45, 7) is 4.87. The fraction of sp³-hybridized carbons (Fsp3) is 0.286. The molecular formula is C21H22N4O. The summed E-state index contributed by atoms with van der Waals surface area (Å²) in [6, 6.07) is 13.8. The molecule has 2 heterocycles. The average Bonchev–Trinajstić information content (AvgIpc) is 3.14. The van der Waals surface area contributed by atoms with Crippen LogP contribution in [0.4, 0.5) is 11.5 Å². The highest BCUT2D eigenvalue weighted by atomic mass is 16.2. The third-order valence-corrected chi connectivity index (χ3v) is 5.08. The first-order chi connectivity index (χ1) is 12.6. The fourth-order valence-electron chi connectivity index (χ4n) is 3.73. The number of nitrogens with one attached hydrogen (secondary N) is 1. The van der Waals surface area contributed by atoms with Gasteiger partial charge in [-0.25, -0.2) is 9.97 Å². The van der Waals surface area contributed by atoms with Gasteiger partial charge in [-0.1, -0.05) is 30.3 Å². The lowest BCUT2D eigenvalue weighted by atomic mass is 10.1. The number of fused-ring (bicyclic) bond motifs is 1. The minimum atomic E-state index is -0.215. The number of nitrogens with zero attached hydrogens (tertiary/aromatic N) is 3. The highest BCUT2D eigenvalue weighted by molar-refractivity contribution is 6.00. The number of amides is 1. The van der Waals surface area contributed by atoms with E-state index in [2.05, 4.69) is 20.2 Å². The number of benzene rings is 2. The van der Waals surface area contributed by atoms with Gasteiger partial charge in [-0.15, -0.1) is 0 Å². The van der Waals surface area contributed by atoms with Gasteiger partial charge in [0.2, 0.25) is 5.91 Å². The number of carbonyl (C=O) groups is 1. The highest BCUT2D eigenvalue weighted by Gasteiger charge is 2.33. The van der Waals surface area contributed by atoms with E-state index in [0.29, 0.717) is 0 Å². The summed E-state index contributed by atoms with van der Waals surface area (Å²) >= 11 is 0. The van der Waals surface area contributed by atoms with E-state index in [1.165, 1.54) is 0 Å². The molecule has 0 aliphatic carbocycles. The molecule has 26 heavy (non-hydrogen) atoms. The third-order valence-electron chi connectivity index (χ3n) is 5.08. The smallest absolute Gasteiger partial charge is 0.247 e. The van der Waals surface area contributed by atoms with Crippen LogP contribution in [-0.4, -0.2) is 28.5 Å². The summed E-state index contributed by atoms with van der Waals surface area (Å²) < 4.78 is 0. The van der Waals surface area contributed by atoms with Crippen molar-refractivity contribution in [1.82, 2.24) is 9.97 Å². The number of aryl methyl sites for hydroxylation is 2. The van der Waals surface area contributed by atoms with Gasteiger partial charge in [-0.3, -0.25) is 4.79 Å². The van der Waals surface area contributed by atoms with E-state index >= 15 is 0 Å². The summed E-state index contributed by atoms with van der Waals surface area (Å²) in [4.78, 5) is 24.0. The quantitative estimate of drug-likeness (QED) is 0.782. The Balaban J connectivity index is 1.65. The molecule has 1 amide bonds. The second-order valence-corrected chi connectivity index (χ2v) is 6.82. The Morgan fingerprint density at radius 2 is 1.85 bits per heavy atom. The molecule has 1 unspecified atom stereocenters. The van der Waals surface area contributed by atoms with E-state index in [0.717, 1.165) is 52.9 Å². The van der Waals surface area contributed by atoms with Gasteiger partial charge in [-0.2, -0.15) is 0 Å². The van der Waals surface area contributed by atoms with E-state index in [9.17, 15) is 4.79 Å². The van der Waals surface area contributed by atoms with Crippen LogP contribution < -0.4 is 10.2 Å². The van der Waals surface area contributed by atoms with E-state index < -0.39 is 0 Å². The molecule has 4 rings (SSSR count). The Morgan fingerprint density at radius 3 is 2.65 bits per heavy atom. The topological polar surface area (TPSA) is 58.1 Å². The second-order valence-electron chi connectivity index (χ2n) is 6.82. The predicted molar refractivity (Wildman–Crippen MR) is 104 cm³/mol. The molecule has 0 bridgehead atoms. The lowest BCUT2D eigenvalue weighted by Gasteiger charge is -2.26. The van der Waals surface area contributed by atoms with Gasteiger partial charge in [-0.05, 0) is 49.9 Å². The van der Waals surface area contributed by atoms with Crippen LogP contribution in [0.3, 0.4) is 0 Å². The Kier molecular flexibility index (Phi) is 4.29. The van der Waals surface area contributed by atoms with Crippen LogP contribution in [-0.2, 0) is 4.79 Å². The highest BCUT2D eigenvalue weighted by Crippen LogP contribution is 2.30. The Morgan fingerprint density at radius 1 is 1.08 bits per heavy atom. The SMILES string of the molecule is Cc1cccc(C)c1NC(=O)C1CCCN1c1ncnc2ccccc12. The molecule has 1 aliphatic rings. The third kappa shape index (κ3) is 2.90. The Labute approximate surface area is 153 Å². The fourth-order valence-corrected chi connectivity index (χ4v) is 3.73. The molecule has 1 N–H and O–H groups in total. The zero-order valence-corrected chi connectivity index (χ0v) is 15.1. The van der Waals surface area contributed by atoms with Crippen molar-refractivity contribution in [2.75, 3.05) is 16.8 Å². The number of para-hydroxylation sites is 2. The number of hydrogen-bond acceptors (Lipinski definition) is 4. The molecular weight excluding hydrogens is 324 g/mol. The molecule has 132 valence electrons. The lowest BCUT2D eigenvalue weighted by Crippen LogP contribution is -2.40. The normalized spacial score (nSPS) is 16.8. The molecule has 0 spiro atoms. The summed E-state index contributed by atoms with van der Waals surface area (Å²) in [5.41, 5.74) is 3.97. The molecule has 0 radical (unpaired) electrons. The van der Waals surface area contributed by atoms with Crippen LogP contribution in [0.15, 0.2) is 48.8 Å². The summed E-state index contributed by atoms with van der Waals surface area (Å²) in [7, 11) is 0. The molecule has 3 aromatic rings. The van der Waals surface area contributed by atoms with Crippen molar-refractivity contribution in [3.8, 4) is 0 Å². The van der Waals surface area contributed by atoms with Gasteiger partial charge in [0.05, 0.1) is 5.52 Å². The van der Waals surface area contributed by atoms with E-state index in [1.807, 2.05) is 56.3 Å². The van der Waals surface area contributed by atoms with Gasteiger partial charge in [0, 0.05) is 17.6 Å². The van der Waals surface area contributed by atoms with Crippen molar-refractivity contribution in [3.05, 3.63) is 59.9 Å². The summed E-state index contributed by atoms with van der Waals surface area (Å²) in [5.74, 6) is 0.873. The van der Waals surface area contributed by atoms with E-state index in [-0.39, 0.29) is 11.9 Å². The molecule has 1 saturated heterocycles. The van der Waals surface area contributed by atoms with Gasteiger partial charge >= 0.3 is 0 Å². The van der Waals surface area contributed by atoms with Crippen LogP contribution in [0.25, 0.3) is 10.9 Å². The maximum atomic E-state index is 13.0. The van der Waals surface area contributed by atoms with Crippen LogP contribution in [0.1, 0.15) is 24.0 Å². The number of hydrogen-bond donors (Lipinski definition) is 1. The first kappa shape index (κ1) is 16.5. The van der Waals surface area contributed by atoms with Crippen molar-refractivity contribution < 1.29 is 4.79 Å². The van der Waals surface area contributed by atoms with Crippen LogP contribution in [0.2, 0.25) is 0 Å². The standard InChI is InChI=1S/C21H22N4O/c1-14-7-5-8-15(2)19(14)24-21(26)18-11-6-12-25(18)20-16-9-3-4-10-17(16)22-13-23-20/h3-5,7-10,13,18H,6,11-12H2,1-2H3,(H,24,26). The van der Waals surface area contributed by atoms with Crippen molar-refractivity contribution in [1.29, 1.82) is 0 Å². The van der Waals surface area contributed by atoms with E-state index in [4.69, 9.17) is 0 Å². The van der Waals surface area contributed by atoms with Crippen molar-refractivity contribution in [3.63, 3.8) is 0 Å². The van der Waals surface area contributed by atoms with Crippen molar-refractivity contribution in [2.24, 2.45) is 0 Å². The Bertz CT molecular complexity index is 944. The molecule has 1 atom stereocenters. The van der Waals surface area contributed by atoms with Crippen LogP contribution in [0.5, 0.6) is 0 Å². The minimum absolute atomic E-state index is 0.0302. The zero-order valence-electron chi connectivity index (χ0n) is 15.1. The maximum Gasteiger partial charge on any atom is 0.247 e. The second kappa shape index (κ2) is 6.75. The van der Waals surface area contributed by atoms with E-state index in [1.54, 1.807) is 6.33 Å². The monoisotopic (exact) mass is 346 g/mol. The first-order valence-electron chi connectivity index (χ1n) is 8.98. The number of aromatic nitrogens is 2. The van der Waals surface area contributed by atoms with Crippen molar-refractivity contribution >= 4 is 28.3 Å². The van der Waals surface area contributed by atoms with Crippen LogP contribution >= 0.6 is 0 Å². The van der Waals surface area contributed by atoms with Gasteiger partial charge in [0.15, 0.2) is 0 Å². The Hall–Kier alpha value is -2.95. The molecule has 1 aromatic heterocycles. The minimum Gasteiger partial charge on any atom is -0.344 e. The molecule has 5 heteroatoms. The summed E-state index contributed by atoms with van der Waals surface area (Å²) in [5, 5.41) is 4.13. The summed E-state index contributed by atoms with van der Waals surface area (Å²) in [6.07, 6.45) is 3.38. The molecule has 5 nitrogen and oxygen atoms in total. The first-order valence-corrected chi connectivity index (χ1v) is 8.98. The van der Waals surface area contributed by atoms with Gasteiger partial charge in [0.25, 0.3) is 0 Å². The predicted octanol–water partition coefficient (Wildman–Crippen LogP) is 3.85. The lowest BCUT2D eigenvalue weighted by molar-refractivity contribution is -0.117. The zero-order chi connectivity index (χ0) is 18.1. The molecule has 2 aromatic carbocycles. The largest absolute Gasteiger partial charge is 0.344 e. The van der Waals surface area contributed by atoms with Crippen molar-refractivity contribution in [2.45, 2.75) is 32.7 Å². The number of rotatable bonds is 3.